The molecule has 18 heavy (non-hydrogen) atoms. The van der Waals surface area contributed by atoms with Crippen LogP contribution in [0.3, 0.4) is 0 Å². The molecule has 1 aromatic carbocycles. The number of ether oxygens (including phenoxy) is 2. The third-order valence-corrected chi connectivity index (χ3v) is 3.09. The highest BCUT2D eigenvalue weighted by Gasteiger charge is 2.17. The van der Waals surface area contributed by atoms with Crippen molar-refractivity contribution in [1.82, 2.24) is 0 Å². The highest BCUT2D eigenvalue weighted by molar-refractivity contribution is 9.10. The minimum Gasteiger partial charge on any atom is -0.493 e. The standard InChI is InChI=1S/C13H11BrO4/c1-16-10-4-3-8(7-11(10)17-2)12(15)13-9(14)5-6-18-13/h3-7H,1-2H3. The molecule has 0 bridgehead atoms. The average molecular weight is 311 g/mol. The van der Waals surface area contributed by atoms with E-state index in [4.69, 9.17) is 13.9 Å². The van der Waals surface area contributed by atoms with E-state index in [1.54, 1.807) is 31.4 Å². The first kappa shape index (κ1) is 12.7. The second-order valence-corrected chi connectivity index (χ2v) is 4.35. The topological polar surface area (TPSA) is 48.7 Å². The molecule has 0 unspecified atom stereocenters. The Bertz CT molecular complexity index is 574. The zero-order chi connectivity index (χ0) is 13.1. The van der Waals surface area contributed by atoms with E-state index in [0.717, 1.165) is 0 Å². The predicted octanol–water partition coefficient (Wildman–Crippen LogP) is 3.29. The molecule has 0 aliphatic heterocycles. The Morgan fingerprint density at radius 1 is 1.17 bits per heavy atom. The van der Waals surface area contributed by atoms with E-state index < -0.39 is 0 Å². The summed E-state index contributed by atoms with van der Waals surface area (Å²) >= 11 is 3.26. The summed E-state index contributed by atoms with van der Waals surface area (Å²) in [5.41, 5.74) is 0.475. The largest absolute Gasteiger partial charge is 0.493 e. The maximum atomic E-state index is 12.2. The van der Waals surface area contributed by atoms with Gasteiger partial charge in [-0.25, -0.2) is 0 Å². The number of halogens is 1. The molecule has 0 aliphatic rings. The van der Waals surface area contributed by atoms with Crippen molar-refractivity contribution in [2.45, 2.75) is 0 Å². The van der Waals surface area contributed by atoms with E-state index in [0.29, 0.717) is 21.5 Å². The van der Waals surface area contributed by atoms with Gasteiger partial charge in [-0.1, -0.05) is 0 Å². The van der Waals surface area contributed by atoms with E-state index in [1.807, 2.05) is 0 Å². The van der Waals surface area contributed by atoms with Crippen molar-refractivity contribution in [2.24, 2.45) is 0 Å². The van der Waals surface area contributed by atoms with E-state index in [-0.39, 0.29) is 11.5 Å². The van der Waals surface area contributed by atoms with Crippen LogP contribution >= 0.6 is 15.9 Å². The Hall–Kier alpha value is -1.75. The monoisotopic (exact) mass is 310 g/mol. The molecule has 0 fully saturated rings. The van der Waals surface area contributed by atoms with Crippen molar-refractivity contribution in [3.8, 4) is 11.5 Å². The van der Waals surface area contributed by atoms with Gasteiger partial charge in [0.25, 0.3) is 0 Å². The second-order valence-electron chi connectivity index (χ2n) is 3.50. The Morgan fingerprint density at radius 3 is 2.44 bits per heavy atom. The Kier molecular flexibility index (Phi) is 3.72. The summed E-state index contributed by atoms with van der Waals surface area (Å²) in [5.74, 6) is 1.13. The lowest BCUT2D eigenvalue weighted by atomic mass is 10.1. The summed E-state index contributed by atoms with van der Waals surface area (Å²) in [5, 5.41) is 0. The summed E-state index contributed by atoms with van der Waals surface area (Å²) < 4.78 is 16.0. The molecule has 0 amide bonds. The number of methoxy groups -OCH3 is 2. The quantitative estimate of drug-likeness (QED) is 0.813. The minimum absolute atomic E-state index is 0.215. The summed E-state index contributed by atoms with van der Waals surface area (Å²) in [7, 11) is 3.07. The minimum atomic E-state index is -0.215. The van der Waals surface area contributed by atoms with Crippen LogP contribution in [0.2, 0.25) is 0 Å². The third kappa shape index (κ3) is 2.26. The van der Waals surface area contributed by atoms with Gasteiger partial charge in [-0.15, -0.1) is 0 Å². The Labute approximate surface area is 113 Å². The van der Waals surface area contributed by atoms with E-state index in [9.17, 15) is 4.79 Å². The third-order valence-electron chi connectivity index (χ3n) is 2.47. The number of carbonyl (C=O) groups excluding carboxylic acids is 1. The fourth-order valence-corrected chi connectivity index (χ4v) is 1.95. The number of ketones is 1. The van der Waals surface area contributed by atoms with Gasteiger partial charge in [0.15, 0.2) is 17.3 Å². The van der Waals surface area contributed by atoms with Crippen molar-refractivity contribution in [1.29, 1.82) is 0 Å². The zero-order valence-electron chi connectivity index (χ0n) is 9.90. The van der Waals surface area contributed by atoms with Crippen molar-refractivity contribution >= 4 is 21.7 Å². The molecular formula is C13H11BrO4. The molecule has 0 atom stereocenters. The summed E-state index contributed by atoms with van der Waals surface area (Å²) in [4.78, 5) is 12.2. The maximum Gasteiger partial charge on any atom is 0.229 e. The molecule has 94 valence electrons. The average Bonchev–Trinajstić information content (AvgIpc) is 2.83. The maximum absolute atomic E-state index is 12.2. The van der Waals surface area contributed by atoms with Gasteiger partial charge in [0, 0.05) is 5.56 Å². The number of benzene rings is 1. The molecule has 0 radical (unpaired) electrons. The molecule has 0 aliphatic carbocycles. The molecule has 1 aromatic heterocycles. The molecule has 1 heterocycles. The zero-order valence-corrected chi connectivity index (χ0v) is 11.5. The van der Waals surface area contributed by atoms with Crippen molar-refractivity contribution in [2.75, 3.05) is 14.2 Å². The number of carbonyl (C=O) groups is 1. The van der Waals surface area contributed by atoms with Gasteiger partial charge in [0.2, 0.25) is 5.78 Å². The first-order chi connectivity index (χ1) is 8.67. The van der Waals surface area contributed by atoms with E-state index in [1.165, 1.54) is 13.4 Å². The van der Waals surface area contributed by atoms with Gasteiger partial charge >= 0.3 is 0 Å². The highest BCUT2D eigenvalue weighted by Crippen LogP contribution is 2.29. The van der Waals surface area contributed by atoms with Gasteiger partial charge in [0.1, 0.15) is 0 Å². The van der Waals surface area contributed by atoms with Gasteiger partial charge in [-0.2, -0.15) is 0 Å². The smallest absolute Gasteiger partial charge is 0.229 e. The Balaban J connectivity index is 2.40. The first-order valence-electron chi connectivity index (χ1n) is 5.17. The molecule has 5 heteroatoms. The van der Waals surface area contributed by atoms with Crippen LogP contribution < -0.4 is 9.47 Å². The summed E-state index contributed by atoms with van der Waals surface area (Å²) in [6, 6.07) is 6.64. The molecule has 0 N–H and O–H groups in total. The summed E-state index contributed by atoms with van der Waals surface area (Å²) in [6.07, 6.45) is 1.46. The Morgan fingerprint density at radius 2 is 1.89 bits per heavy atom. The molecule has 2 aromatic rings. The molecule has 4 nitrogen and oxygen atoms in total. The number of hydrogen-bond acceptors (Lipinski definition) is 4. The van der Waals surface area contributed by atoms with Gasteiger partial charge in [0.05, 0.1) is 25.0 Å². The lowest BCUT2D eigenvalue weighted by molar-refractivity contribution is 0.101. The molecule has 0 saturated carbocycles. The number of hydrogen-bond donors (Lipinski definition) is 0. The van der Waals surface area contributed by atoms with E-state index >= 15 is 0 Å². The fourth-order valence-electron chi connectivity index (χ4n) is 1.56. The summed E-state index contributed by atoms with van der Waals surface area (Å²) in [6.45, 7) is 0. The molecular weight excluding hydrogens is 300 g/mol. The highest BCUT2D eigenvalue weighted by atomic mass is 79.9. The predicted molar refractivity (Wildman–Crippen MR) is 69.4 cm³/mol. The van der Waals surface area contributed by atoms with Crippen LogP contribution in [-0.2, 0) is 0 Å². The lowest BCUT2D eigenvalue weighted by Crippen LogP contribution is -2.01. The van der Waals surface area contributed by atoms with Gasteiger partial charge < -0.3 is 13.9 Å². The van der Waals surface area contributed by atoms with Gasteiger partial charge in [-0.3, -0.25) is 4.79 Å². The van der Waals surface area contributed by atoms with Crippen LogP contribution in [0.15, 0.2) is 39.4 Å². The van der Waals surface area contributed by atoms with Crippen LogP contribution in [0.5, 0.6) is 11.5 Å². The van der Waals surface area contributed by atoms with Crippen LogP contribution in [0, 0.1) is 0 Å². The normalized spacial score (nSPS) is 10.2. The molecule has 0 spiro atoms. The van der Waals surface area contributed by atoms with E-state index in [2.05, 4.69) is 15.9 Å². The SMILES string of the molecule is COc1ccc(C(=O)c2occc2Br)cc1OC. The van der Waals surface area contributed by atoms with Crippen molar-refractivity contribution in [3.05, 3.63) is 46.3 Å². The van der Waals surface area contributed by atoms with Crippen molar-refractivity contribution in [3.63, 3.8) is 0 Å². The van der Waals surface area contributed by atoms with Crippen molar-refractivity contribution < 1.29 is 18.7 Å². The number of rotatable bonds is 4. The first-order valence-corrected chi connectivity index (χ1v) is 5.96. The number of furan rings is 1. The lowest BCUT2D eigenvalue weighted by Gasteiger charge is -2.08. The van der Waals surface area contributed by atoms with Crippen LogP contribution in [0.1, 0.15) is 16.1 Å². The van der Waals surface area contributed by atoms with Crippen LogP contribution in [0.25, 0.3) is 0 Å². The fraction of sp³-hybridized carbons (Fsp3) is 0.154. The molecule has 2 rings (SSSR count). The van der Waals surface area contributed by atoms with Gasteiger partial charge in [-0.05, 0) is 40.2 Å². The van der Waals surface area contributed by atoms with Crippen LogP contribution in [0.4, 0.5) is 0 Å². The molecule has 0 saturated heterocycles. The van der Waals surface area contributed by atoms with Crippen LogP contribution in [-0.4, -0.2) is 20.0 Å². The second kappa shape index (κ2) is 5.27.